The Bertz CT molecular complexity index is 304. The van der Waals surface area contributed by atoms with E-state index in [9.17, 15) is 0 Å². The molecule has 0 saturated heterocycles. The summed E-state index contributed by atoms with van der Waals surface area (Å²) in [5.41, 5.74) is 1.34. The summed E-state index contributed by atoms with van der Waals surface area (Å²) in [4.78, 5) is 0. The molecular weight excluding hydrogens is 310 g/mol. The molecule has 1 saturated carbocycles. The maximum Gasteiger partial charge on any atom is 0.0701 e. The molecule has 1 fully saturated rings. The van der Waals surface area contributed by atoms with E-state index < -0.39 is 0 Å². The van der Waals surface area contributed by atoms with Crippen molar-refractivity contribution in [3.05, 3.63) is 20.8 Å². The average Bonchev–Trinajstić information content (AvgIpc) is 2.95. The molecule has 0 bridgehead atoms. The molecule has 0 atom stereocenters. The smallest absolute Gasteiger partial charge is 0.0701 e. The molecule has 0 aromatic carbocycles. The molecule has 0 radical (unpaired) electrons. The standard InChI is InChI=1S/C11H16BrNOS.ClH/c12-11-5-10(8-15-11)6-13-3-4-14-7-9-1-2-9;/h5,8-9,13H,1-4,6-7H2;1H. The van der Waals surface area contributed by atoms with E-state index in [1.165, 1.54) is 22.2 Å². The number of hydrogen-bond donors (Lipinski definition) is 1. The lowest BCUT2D eigenvalue weighted by Crippen LogP contribution is -2.19. The van der Waals surface area contributed by atoms with Crippen molar-refractivity contribution in [1.29, 1.82) is 0 Å². The third-order valence-electron chi connectivity index (χ3n) is 2.42. The van der Waals surface area contributed by atoms with Crippen LogP contribution in [-0.2, 0) is 11.3 Å². The molecule has 2 rings (SSSR count). The van der Waals surface area contributed by atoms with Gasteiger partial charge in [-0.3, -0.25) is 0 Å². The van der Waals surface area contributed by atoms with Crippen molar-refractivity contribution in [2.24, 2.45) is 5.92 Å². The topological polar surface area (TPSA) is 21.3 Å². The first-order valence-corrected chi connectivity index (χ1v) is 7.03. The second kappa shape index (κ2) is 7.67. The Hall–Kier alpha value is 0.390. The van der Waals surface area contributed by atoms with Crippen LogP contribution in [-0.4, -0.2) is 19.8 Å². The molecule has 1 aliphatic rings. The Morgan fingerprint density at radius 2 is 2.31 bits per heavy atom. The van der Waals surface area contributed by atoms with Gasteiger partial charge in [0.1, 0.15) is 0 Å². The lowest BCUT2D eigenvalue weighted by Gasteiger charge is -2.04. The van der Waals surface area contributed by atoms with Crippen molar-refractivity contribution in [2.75, 3.05) is 19.8 Å². The van der Waals surface area contributed by atoms with Gasteiger partial charge in [-0.25, -0.2) is 0 Å². The quantitative estimate of drug-likeness (QED) is 0.775. The van der Waals surface area contributed by atoms with Crippen molar-refractivity contribution in [3.8, 4) is 0 Å². The summed E-state index contributed by atoms with van der Waals surface area (Å²) in [6, 6.07) is 2.16. The van der Waals surface area contributed by atoms with Crippen LogP contribution < -0.4 is 5.32 Å². The maximum atomic E-state index is 5.53. The van der Waals surface area contributed by atoms with E-state index in [-0.39, 0.29) is 12.4 Å². The lowest BCUT2D eigenvalue weighted by atomic mass is 10.3. The minimum Gasteiger partial charge on any atom is -0.380 e. The Kier molecular flexibility index (Phi) is 6.92. The van der Waals surface area contributed by atoms with E-state index in [4.69, 9.17) is 4.74 Å². The Labute approximate surface area is 115 Å². The summed E-state index contributed by atoms with van der Waals surface area (Å²) in [5.74, 6) is 0.873. The predicted molar refractivity (Wildman–Crippen MR) is 74.5 cm³/mol. The number of thiophene rings is 1. The number of nitrogens with one attached hydrogen (secondary N) is 1. The molecule has 1 heterocycles. The summed E-state index contributed by atoms with van der Waals surface area (Å²) in [5, 5.41) is 5.54. The monoisotopic (exact) mass is 325 g/mol. The first-order valence-electron chi connectivity index (χ1n) is 5.36. The molecule has 1 aromatic rings. The fourth-order valence-electron chi connectivity index (χ4n) is 1.35. The van der Waals surface area contributed by atoms with Gasteiger partial charge in [0.2, 0.25) is 0 Å². The molecule has 0 spiro atoms. The zero-order valence-electron chi connectivity index (χ0n) is 9.08. The minimum absolute atomic E-state index is 0. The third-order valence-corrected chi connectivity index (χ3v) is 3.98. The van der Waals surface area contributed by atoms with Crippen molar-refractivity contribution in [2.45, 2.75) is 19.4 Å². The molecule has 1 aliphatic carbocycles. The average molecular weight is 327 g/mol. The molecule has 2 nitrogen and oxygen atoms in total. The van der Waals surface area contributed by atoms with Crippen molar-refractivity contribution >= 4 is 39.7 Å². The van der Waals surface area contributed by atoms with Crippen molar-refractivity contribution < 1.29 is 4.74 Å². The SMILES string of the molecule is Brc1cc(CNCCOCC2CC2)cs1.Cl. The second-order valence-corrected chi connectivity index (χ2v) is 6.24. The highest BCUT2D eigenvalue weighted by Gasteiger charge is 2.20. The summed E-state index contributed by atoms with van der Waals surface area (Å²) >= 11 is 5.19. The molecule has 5 heteroatoms. The molecule has 1 aromatic heterocycles. The zero-order valence-corrected chi connectivity index (χ0v) is 12.3. The van der Waals surface area contributed by atoms with Gasteiger partial charge >= 0.3 is 0 Å². The molecule has 0 amide bonds. The van der Waals surface area contributed by atoms with Crippen LogP contribution in [0.4, 0.5) is 0 Å². The summed E-state index contributed by atoms with van der Waals surface area (Å²) < 4.78 is 6.73. The molecule has 92 valence electrons. The Morgan fingerprint density at radius 3 is 2.94 bits per heavy atom. The van der Waals surface area contributed by atoms with E-state index in [2.05, 4.69) is 32.7 Å². The number of halogens is 2. The van der Waals surface area contributed by atoms with Crippen LogP contribution in [0.3, 0.4) is 0 Å². The van der Waals surface area contributed by atoms with Crippen LogP contribution in [0.5, 0.6) is 0 Å². The van der Waals surface area contributed by atoms with Crippen LogP contribution >= 0.6 is 39.7 Å². The normalized spacial score (nSPS) is 14.8. The highest BCUT2D eigenvalue weighted by atomic mass is 79.9. The fraction of sp³-hybridized carbons (Fsp3) is 0.636. The van der Waals surface area contributed by atoms with Crippen molar-refractivity contribution in [3.63, 3.8) is 0 Å². The summed E-state index contributed by atoms with van der Waals surface area (Å²) in [6.45, 7) is 3.68. The largest absolute Gasteiger partial charge is 0.380 e. The van der Waals surface area contributed by atoms with E-state index >= 15 is 0 Å². The van der Waals surface area contributed by atoms with Crippen LogP contribution in [0.15, 0.2) is 15.2 Å². The van der Waals surface area contributed by atoms with E-state index in [1.54, 1.807) is 11.3 Å². The number of ether oxygens (including phenoxy) is 1. The molecule has 16 heavy (non-hydrogen) atoms. The minimum atomic E-state index is 0. The third kappa shape index (κ3) is 5.64. The van der Waals surface area contributed by atoms with Crippen LogP contribution in [0, 0.1) is 5.92 Å². The summed E-state index contributed by atoms with van der Waals surface area (Å²) in [7, 11) is 0. The summed E-state index contributed by atoms with van der Waals surface area (Å²) in [6.07, 6.45) is 2.74. The van der Waals surface area contributed by atoms with E-state index in [1.807, 2.05) is 0 Å². The lowest BCUT2D eigenvalue weighted by molar-refractivity contribution is 0.126. The van der Waals surface area contributed by atoms with Gasteiger partial charge in [0.05, 0.1) is 10.4 Å². The van der Waals surface area contributed by atoms with Gasteiger partial charge < -0.3 is 10.1 Å². The number of rotatable bonds is 7. The van der Waals surface area contributed by atoms with Crippen LogP contribution in [0.1, 0.15) is 18.4 Å². The highest BCUT2D eigenvalue weighted by molar-refractivity contribution is 9.11. The fourth-order valence-corrected chi connectivity index (χ4v) is 2.56. The maximum absolute atomic E-state index is 5.53. The first-order chi connectivity index (χ1) is 7.34. The van der Waals surface area contributed by atoms with Gasteiger partial charge in [-0.2, -0.15) is 0 Å². The van der Waals surface area contributed by atoms with Gasteiger partial charge in [0.25, 0.3) is 0 Å². The molecule has 0 aliphatic heterocycles. The van der Waals surface area contributed by atoms with Gasteiger partial charge in [-0.05, 0) is 51.7 Å². The van der Waals surface area contributed by atoms with E-state index in [0.29, 0.717) is 0 Å². The van der Waals surface area contributed by atoms with Gasteiger partial charge in [-0.15, -0.1) is 23.7 Å². The Balaban J connectivity index is 0.00000128. The van der Waals surface area contributed by atoms with Crippen LogP contribution in [0.25, 0.3) is 0 Å². The second-order valence-electron chi connectivity index (χ2n) is 3.95. The van der Waals surface area contributed by atoms with Gasteiger partial charge in [0, 0.05) is 19.7 Å². The molecule has 1 N–H and O–H groups in total. The Morgan fingerprint density at radius 1 is 1.50 bits per heavy atom. The van der Waals surface area contributed by atoms with Gasteiger partial charge in [0.15, 0.2) is 0 Å². The zero-order chi connectivity index (χ0) is 10.5. The van der Waals surface area contributed by atoms with Crippen LogP contribution in [0.2, 0.25) is 0 Å². The van der Waals surface area contributed by atoms with Gasteiger partial charge in [-0.1, -0.05) is 0 Å². The van der Waals surface area contributed by atoms with E-state index in [0.717, 1.165) is 32.2 Å². The highest BCUT2D eigenvalue weighted by Crippen LogP contribution is 2.28. The molecule has 0 unspecified atom stereocenters. The first kappa shape index (κ1) is 14.5. The van der Waals surface area contributed by atoms with Crippen molar-refractivity contribution in [1.82, 2.24) is 5.32 Å². The number of hydrogen-bond acceptors (Lipinski definition) is 3. The molecular formula is C11H17BrClNOS. The predicted octanol–water partition coefficient (Wildman–Crippen LogP) is 3.45.